The highest BCUT2D eigenvalue weighted by atomic mass is 128. The van der Waals surface area contributed by atoms with Gasteiger partial charge in [0.2, 0.25) is 0 Å². The van der Waals surface area contributed by atoms with Gasteiger partial charge in [-0.25, -0.2) is 24.7 Å². The molecule has 40 heavy (non-hydrogen) atoms. The highest BCUT2D eigenvalue weighted by molar-refractivity contribution is 15.0. The first-order valence-electron chi connectivity index (χ1n) is 11.6. The van der Waals surface area contributed by atoms with Gasteiger partial charge in [-0.3, -0.25) is 9.36 Å². The summed E-state index contributed by atoms with van der Waals surface area (Å²) in [5.41, 5.74) is 1.07. The second kappa shape index (κ2) is 21.8. The van der Waals surface area contributed by atoms with E-state index in [0.717, 1.165) is 5.39 Å². The van der Waals surface area contributed by atoms with E-state index in [2.05, 4.69) is 62.5 Å². The summed E-state index contributed by atoms with van der Waals surface area (Å²) in [5, 5.41) is 23.8. The minimum atomic E-state index is -0.592. The molecule has 0 spiro atoms. The van der Waals surface area contributed by atoms with Crippen LogP contribution < -0.4 is 10.9 Å². The molecular formula is C24H33I3N6O5S2. The lowest BCUT2D eigenvalue weighted by molar-refractivity contribution is -0.137. The van der Waals surface area contributed by atoms with Crippen molar-refractivity contribution in [2.75, 3.05) is 31.0 Å². The lowest BCUT2D eigenvalue weighted by atomic mass is 10.2. The number of aromatic nitrogens is 5. The fraction of sp³-hybridized carbons (Fsp3) is 0.417. The number of aliphatic hydroxyl groups is 2. The zero-order chi connectivity index (χ0) is 29.4. The molecule has 3 aromatic heterocycles. The van der Waals surface area contributed by atoms with Gasteiger partial charge in [0, 0.05) is 79.3 Å². The monoisotopic (exact) mass is 930 g/mol. The highest BCUT2D eigenvalue weighted by Crippen LogP contribution is 2.18. The normalized spacial score (nSPS) is 11.8. The molecule has 11 nitrogen and oxygen atoms in total. The molecule has 3 heterocycles. The second-order valence-electron chi connectivity index (χ2n) is 7.74. The number of carbonyl (C=O) groups is 1. The van der Waals surface area contributed by atoms with Crippen LogP contribution in [0.3, 0.4) is 0 Å². The third kappa shape index (κ3) is 13.9. The van der Waals surface area contributed by atoms with Crippen molar-refractivity contribution in [3.63, 3.8) is 0 Å². The van der Waals surface area contributed by atoms with Gasteiger partial charge < -0.3 is 20.3 Å². The maximum absolute atomic E-state index is 11.8. The Labute approximate surface area is 282 Å². The second-order valence-corrected chi connectivity index (χ2v) is 9.29. The molecule has 0 aliphatic heterocycles. The van der Waals surface area contributed by atoms with Crippen LogP contribution in [0.2, 0.25) is 0 Å². The molecular weight excluding hydrogens is 897 g/mol. The van der Waals surface area contributed by atoms with Gasteiger partial charge in [0.1, 0.15) is 11.5 Å². The number of carbonyl (C=O) groups excluding carboxylic acids is 1. The molecule has 0 fully saturated rings. The van der Waals surface area contributed by atoms with Gasteiger partial charge in [0.15, 0.2) is 10.3 Å². The lowest BCUT2D eigenvalue weighted by Crippen LogP contribution is -2.25. The van der Waals surface area contributed by atoms with Crippen LogP contribution in [-0.2, 0) is 16.1 Å². The Morgan fingerprint density at radius 1 is 1.10 bits per heavy atom. The van der Waals surface area contributed by atoms with E-state index in [0.29, 0.717) is 40.5 Å². The van der Waals surface area contributed by atoms with Crippen LogP contribution in [0.15, 0.2) is 45.7 Å². The van der Waals surface area contributed by atoms with E-state index in [4.69, 9.17) is 4.74 Å². The van der Waals surface area contributed by atoms with E-state index >= 15 is 0 Å². The van der Waals surface area contributed by atoms with Gasteiger partial charge in [-0.2, -0.15) is 0 Å². The summed E-state index contributed by atoms with van der Waals surface area (Å²) in [6.07, 6.45) is 8.89. The number of hydrogen-bond acceptors (Lipinski definition) is 12. The number of aliphatic hydroxyl groups excluding tert-OH is 2. The van der Waals surface area contributed by atoms with E-state index in [-0.39, 0.29) is 36.1 Å². The molecule has 16 heteroatoms. The molecule has 0 unspecified atom stereocenters. The van der Waals surface area contributed by atoms with Crippen molar-refractivity contribution in [1.29, 1.82) is 0 Å². The highest BCUT2D eigenvalue weighted by Gasteiger charge is 2.09. The van der Waals surface area contributed by atoms with Crippen LogP contribution >= 0.6 is 84.7 Å². The maximum atomic E-state index is 11.8. The molecule has 0 amide bonds. The van der Waals surface area contributed by atoms with Gasteiger partial charge in [-0.15, -0.1) is 24.0 Å². The van der Waals surface area contributed by atoms with Crippen molar-refractivity contribution in [2.45, 2.75) is 49.8 Å². The zero-order valence-corrected chi connectivity index (χ0v) is 30.9. The fourth-order valence-electron chi connectivity index (χ4n) is 2.92. The molecule has 3 rings (SSSR count). The molecule has 3 N–H and O–H groups in total. The van der Waals surface area contributed by atoms with Crippen LogP contribution in [0.5, 0.6) is 0 Å². The van der Waals surface area contributed by atoms with Crippen molar-refractivity contribution in [2.24, 2.45) is 0 Å². The van der Waals surface area contributed by atoms with E-state index < -0.39 is 18.2 Å². The van der Waals surface area contributed by atoms with Crippen molar-refractivity contribution >= 4 is 114 Å². The Balaban J connectivity index is 0.000000705. The summed E-state index contributed by atoms with van der Waals surface area (Å²) < 4.78 is 6.29. The van der Waals surface area contributed by atoms with Gasteiger partial charge in [-0.05, 0) is 45.4 Å². The average Bonchev–Trinajstić information content (AvgIpc) is 2.93. The number of hydrogen-bond donors (Lipinski definition) is 3. The number of thioether (sulfide) groups is 2. The Hall–Kier alpha value is -0.810. The minimum Gasteiger partial charge on any atom is -0.463 e. The molecule has 0 aromatic carbocycles. The number of anilines is 1. The summed E-state index contributed by atoms with van der Waals surface area (Å²) in [6, 6.07) is 3.16. The largest absolute Gasteiger partial charge is 0.463 e. The third-order valence-corrected chi connectivity index (χ3v) is 5.68. The van der Waals surface area contributed by atoms with E-state index in [1.54, 1.807) is 45.3 Å². The van der Waals surface area contributed by atoms with Crippen molar-refractivity contribution in [3.05, 3.63) is 46.5 Å². The average molecular weight is 930 g/mol. The molecule has 3 aromatic rings. The predicted octanol–water partition coefficient (Wildman–Crippen LogP) is 4.85. The van der Waals surface area contributed by atoms with E-state index in [9.17, 15) is 19.8 Å². The maximum Gasteiger partial charge on any atom is 0.330 e. The molecule has 0 aliphatic carbocycles. The van der Waals surface area contributed by atoms with Crippen LogP contribution in [-0.4, -0.2) is 78.6 Å². The minimum absolute atomic E-state index is 0. The Kier molecular flexibility index (Phi) is 21.4. The van der Waals surface area contributed by atoms with Crippen molar-refractivity contribution in [3.8, 4) is 0 Å². The molecule has 0 aliphatic rings. The molecule has 0 radical (unpaired) electrons. The number of rotatable bonds is 10. The summed E-state index contributed by atoms with van der Waals surface area (Å²) in [6.45, 7) is 6.00. The molecule has 222 valence electrons. The summed E-state index contributed by atoms with van der Waals surface area (Å²) in [5.74, 6) is 0.161. The van der Waals surface area contributed by atoms with Crippen LogP contribution in [0.4, 0.5) is 5.82 Å². The summed E-state index contributed by atoms with van der Waals surface area (Å²) in [7, 11) is 0. The first-order chi connectivity index (χ1) is 18.7. The number of nitrogens with one attached hydrogen (secondary N) is 1. The molecule has 0 bridgehead atoms. The number of esters is 1. The predicted molar refractivity (Wildman–Crippen MR) is 190 cm³/mol. The molecule has 0 saturated carbocycles. The zero-order valence-electron chi connectivity index (χ0n) is 22.6. The Morgan fingerprint density at radius 2 is 1.73 bits per heavy atom. The molecule has 0 saturated heterocycles. The lowest BCUT2D eigenvalue weighted by Gasteiger charge is -2.10. The first-order valence-corrected chi connectivity index (χ1v) is 20.3. The van der Waals surface area contributed by atoms with Gasteiger partial charge >= 0.3 is 5.97 Å². The molecule has 2 atom stereocenters. The Morgan fingerprint density at radius 3 is 2.30 bits per heavy atom. The number of nitrogens with zero attached hydrogens (tertiary/aromatic N) is 5. The summed E-state index contributed by atoms with van der Waals surface area (Å²) >= 11 is 7.07. The first kappa shape index (κ1) is 39.2. The smallest absolute Gasteiger partial charge is 0.330 e. The van der Waals surface area contributed by atoms with Gasteiger partial charge in [-0.1, -0.05) is 23.5 Å². The van der Waals surface area contributed by atoms with Crippen LogP contribution in [0.25, 0.3) is 17.1 Å². The van der Waals surface area contributed by atoms with Crippen LogP contribution in [0.1, 0.15) is 26.3 Å². The fourth-order valence-corrected chi connectivity index (χ4v) is 3.60. The van der Waals surface area contributed by atoms with Gasteiger partial charge in [0.25, 0.3) is 5.56 Å². The Bertz CT molecular complexity index is 1280. The SMILES string of the molecule is CCOC(=O)/C=C/c1cnc(SC)nc1NC[C@H](C)O.CSc1ncc2ccc(=O)n(C[C@H](C)O)c2n1.I.II. The van der Waals surface area contributed by atoms with E-state index in [1.165, 1.54) is 40.2 Å². The summed E-state index contributed by atoms with van der Waals surface area (Å²) in [4.78, 5) is 40.0. The van der Waals surface area contributed by atoms with Gasteiger partial charge in [0.05, 0.1) is 25.4 Å². The number of fused-ring (bicyclic) bond motifs is 1. The quantitative estimate of drug-likeness (QED) is 0.0839. The van der Waals surface area contributed by atoms with Crippen molar-refractivity contribution < 1.29 is 19.7 Å². The number of ether oxygens (including phenoxy) is 1. The third-order valence-electron chi connectivity index (χ3n) is 4.56. The van der Waals surface area contributed by atoms with Crippen LogP contribution in [0, 0.1) is 0 Å². The van der Waals surface area contributed by atoms with Crippen molar-refractivity contribution in [1.82, 2.24) is 24.5 Å². The van der Waals surface area contributed by atoms with E-state index in [1.807, 2.05) is 12.5 Å². The number of pyridine rings is 1. The standard InChI is InChI=1S/C13H19N3O3S.C11H13N3O2S.I2.HI/c1-4-19-11(18)6-5-10-8-15-13(20-3)16-12(10)14-7-9(2)17;1-7(15)6-14-9(16)4-3-8-5-12-11(17-2)13-10(8)14;1-2;/h5-6,8-9,17H,4,7H2,1-3H3,(H,14,15,16);3-5,7,15H,6H2,1-2H3;;1H/b6-5+;;;/t9-;7-;;/m00../s1. The topological polar surface area (TPSA) is 152 Å². The number of halogens is 3.